The first-order chi connectivity index (χ1) is 8.31. The van der Waals surface area contributed by atoms with Gasteiger partial charge in [-0.05, 0) is 31.0 Å². The maximum atomic E-state index is 9.28. The Hall–Kier alpha value is -0.710. The lowest BCUT2D eigenvalue weighted by Crippen LogP contribution is -2.36. The smallest absolute Gasteiger partial charge is 0.119 e. The topological polar surface area (TPSA) is 41.5 Å². The molecule has 17 heavy (non-hydrogen) atoms. The number of aliphatic hydroxyl groups is 1. The van der Waals surface area contributed by atoms with Gasteiger partial charge >= 0.3 is 0 Å². The van der Waals surface area contributed by atoms with E-state index in [1.165, 1.54) is 17.7 Å². The van der Waals surface area contributed by atoms with Gasteiger partial charge in [0.15, 0.2) is 0 Å². The number of methoxy groups -OCH3 is 1. The minimum atomic E-state index is 0.193. The zero-order chi connectivity index (χ0) is 12.1. The van der Waals surface area contributed by atoms with E-state index in [0.717, 1.165) is 11.5 Å². The van der Waals surface area contributed by atoms with Crippen LogP contribution in [0.3, 0.4) is 0 Å². The van der Waals surface area contributed by atoms with Gasteiger partial charge in [-0.15, -0.1) is 11.8 Å². The van der Waals surface area contributed by atoms with Gasteiger partial charge in [0.2, 0.25) is 0 Å². The largest absolute Gasteiger partial charge is 0.497 e. The number of thioether (sulfide) groups is 1. The fourth-order valence-electron chi connectivity index (χ4n) is 1.62. The molecule has 1 aromatic carbocycles. The predicted molar refractivity (Wildman–Crippen MR) is 70.7 cm³/mol. The molecule has 1 aliphatic rings. The first kappa shape index (κ1) is 12.7. The first-order valence-corrected chi connectivity index (χ1v) is 6.94. The Balaban J connectivity index is 1.82. The van der Waals surface area contributed by atoms with Crippen molar-refractivity contribution in [2.45, 2.75) is 29.8 Å². The third-order valence-corrected chi connectivity index (χ3v) is 3.92. The van der Waals surface area contributed by atoms with Gasteiger partial charge in [0, 0.05) is 22.7 Å². The van der Waals surface area contributed by atoms with E-state index in [1.54, 1.807) is 18.9 Å². The number of benzene rings is 1. The van der Waals surface area contributed by atoms with Crippen molar-refractivity contribution in [3.63, 3.8) is 0 Å². The van der Waals surface area contributed by atoms with Crippen LogP contribution in [-0.4, -0.2) is 36.7 Å². The molecule has 1 atom stereocenters. The number of aliphatic hydroxyl groups excluding tert-OH is 1. The molecule has 0 bridgehead atoms. The quantitative estimate of drug-likeness (QED) is 0.728. The number of hydrogen-bond acceptors (Lipinski definition) is 4. The summed E-state index contributed by atoms with van der Waals surface area (Å²) in [6.07, 6.45) is 2.50. The number of nitrogens with one attached hydrogen (secondary N) is 1. The molecule has 0 spiro atoms. The lowest BCUT2D eigenvalue weighted by Gasteiger charge is -2.15. The molecule has 0 saturated heterocycles. The molecule has 94 valence electrons. The van der Waals surface area contributed by atoms with Gasteiger partial charge in [0.25, 0.3) is 0 Å². The van der Waals surface area contributed by atoms with E-state index < -0.39 is 0 Å². The van der Waals surface area contributed by atoms with Crippen molar-refractivity contribution in [2.24, 2.45) is 0 Å². The maximum absolute atomic E-state index is 9.28. The highest BCUT2D eigenvalue weighted by Gasteiger charge is 2.24. The molecule has 0 aliphatic heterocycles. The maximum Gasteiger partial charge on any atom is 0.119 e. The SMILES string of the molecule is COc1cccc(SCC(CO)NC2CC2)c1. The highest BCUT2D eigenvalue weighted by Crippen LogP contribution is 2.25. The molecule has 3 nitrogen and oxygen atoms in total. The highest BCUT2D eigenvalue weighted by molar-refractivity contribution is 7.99. The van der Waals surface area contributed by atoms with Crippen molar-refractivity contribution >= 4 is 11.8 Å². The monoisotopic (exact) mass is 253 g/mol. The summed E-state index contributed by atoms with van der Waals surface area (Å²) in [6.45, 7) is 0.202. The second-order valence-corrected chi connectivity index (χ2v) is 5.40. The van der Waals surface area contributed by atoms with Crippen LogP contribution in [-0.2, 0) is 0 Å². The van der Waals surface area contributed by atoms with E-state index in [4.69, 9.17) is 4.74 Å². The molecule has 1 aromatic rings. The minimum Gasteiger partial charge on any atom is -0.497 e. The summed E-state index contributed by atoms with van der Waals surface area (Å²) in [6, 6.07) is 8.85. The van der Waals surface area contributed by atoms with Gasteiger partial charge in [0.1, 0.15) is 5.75 Å². The van der Waals surface area contributed by atoms with E-state index in [0.29, 0.717) is 6.04 Å². The minimum absolute atomic E-state index is 0.193. The highest BCUT2D eigenvalue weighted by atomic mass is 32.2. The number of rotatable bonds is 7. The Morgan fingerprint density at radius 1 is 1.53 bits per heavy atom. The van der Waals surface area contributed by atoms with Gasteiger partial charge < -0.3 is 15.2 Å². The second kappa shape index (κ2) is 6.28. The molecule has 0 radical (unpaired) electrons. The fraction of sp³-hybridized carbons (Fsp3) is 0.538. The van der Waals surface area contributed by atoms with Crippen molar-refractivity contribution in [2.75, 3.05) is 19.5 Å². The van der Waals surface area contributed by atoms with Gasteiger partial charge in [-0.3, -0.25) is 0 Å². The molecule has 1 aliphatic carbocycles. The first-order valence-electron chi connectivity index (χ1n) is 5.95. The van der Waals surface area contributed by atoms with Crippen LogP contribution in [0.25, 0.3) is 0 Å². The molecule has 0 amide bonds. The zero-order valence-corrected chi connectivity index (χ0v) is 10.9. The lowest BCUT2D eigenvalue weighted by molar-refractivity contribution is 0.253. The molecule has 1 fully saturated rings. The molecular formula is C13H19NO2S. The molecule has 2 N–H and O–H groups in total. The summed E-state index contributed by atoms with van der Waals surface area (Å²) in [5.41, 5.74) is 0. The molecular weight excluding hydrogens is 234 g/mol. The van der Waals surface area contributed by atoms with Crippen LogP contribution in [0, 0.1) is 0 Å². The normalized spacial score (nSPS) is 16.8. The van der Waals surface area contributed by atoms with Crippen molar-refractivity contribution in [3.8, 4) is 5.75 Å². The summed E-state index contributed by atoms with van der Waals surface area (Å²) in [7, 11) is 1.68. The average Bonchev–Trinajstić information content (AvgIpc) is 3.18. The van der Waals surface area contributed by atoms with Crippen LogP contribution >= 0.6 is 11.8 Å². The summed E-state index contributed by atoms with van der Waals surface area (Å²) < 4.78 is 5.18. The van der Waals surface area contributed by atoms with Crippen LogP contribution in [0.15, 0.2) is 29.2 Å². The van der Waals surface area contributed by atoms with E-state index in [1.807, 2.05) is 18.2 Å². The molecule has 2 rings (SSSR count). The third kappa shape index (κ3) is 4.22. The van der Waals surface area contributed by atoms with Crippen LogP contribution in [0.2, 0.25) is 0 Å². The van der Waals surface area contributed by atoms with E-state index >= 15 is 0 Å². The van der Waals surface area contributed by atoms with Crippen molar-refractivity contribution in [1.29, 1.82) is 0 Å². The van der Waals surface area contributed by atoms with Crippen LogP contribution < -0.4 is 10.1 Å². The third-order valence-electron chi connectivity index (χ3n) is 2.76. The van der Waals surface area contributed by atoms with Crippen LogP contribution in [0.5, 0.6) is 5.75 Å². The number of ether oxygens (including phenoxy) is 1. The Labute approximate surface area is 107 Å². The molecule has 0 aromatic heterocycles. The van der Waals surface area contributed by atoms with E-state index in [-0.39, 0.29) is 12.6 Å². The van der Waals surface area contributed by atoms with Crippen molar-refractivity contribution < 1.29 is 9.84 Å². The lowest BCUT2D eigenvalue weighted by atomic mass is 10.3. The zero-order valence-electron chi connectivity index (χ0n) is 10.1. The molecule has 0 heterocycles. The summed E-state index contributed by atoms with van der Waals surface area (Å²) >= 11 is 1.75. The van der Waals surface area contributed by atoms with Crippen molar-refractivity contribution in [3.05, 3.63) is 24.3 Å². The Morgan fingerprint density at radius 2 is 2.35 bits per heavy atom. The van der Waals surface area contributed by atoms with Crippen LogP contribution in [0.1, 0.15) is 12.8 Å². The summed E-state index contributed by atoms with van der Waals surface area (Å²) in [5.74, 6) is 1.77. The van der Waals surface area contributed by atoms with Gasteiger partial charge in [0.05, 0.1) is 13.7 Å². The van der Waals surface area contributed by atoms with Gasteiger partial charge in [-0.25, -0.2) is 0 Å². The summed E-state index contributed by atoms with van der Waals surface area (Å²) in [4.78, 5) is 1.18. The fourth-order valence-corrected chi connectivity index (χ4v) is 2.59. The second-order valence-electron chi connectivity index (χ2n) is 4.31. The van der Waals surface area contributed by atoms with Gasteiger partial charge in [-0.2, -0.15) is 0 Å². The predicted octanol–water partition coefficient (Wildman–Crippen LogP) is 1.90. The van der Waals surface area contributed by atoms with Gasteiger partial charge in [-0.1, -0.05) is 6.07 Å². The Morgan fingerprint density at radius 3 is 3.00 bits per heavy atom. The number of hydrogen-bond donors (Lipinski definition) is 2. The molecule has 1 unspecified atom stereocenters. The molecule has 4 heteroatoms. The standard InChI is InChI=1S/C13H19NO2S/c1-16-12-3-2-4-13(7-12)17-9-11(8-15)14-10-5-6-10/h2-4,7,10-11,14-15H,5-6,8-9H2,1H3. The summed E-state index contributed by atoms with van der Waals surface area (Å²) in [5, 5.41) is 12.7. The van der Waals surface area contributed by atoms with Crippen molar-refractivity contribution in [1.82, 2.24) is 5.32 Å². The van der Waals surface area contributed by atoms with E-state index in [2.05, 4.69) is 11.4 Å². The molecule has 1 saturated carbocycles. The van der Waals surface area contributed by atoms with E-state index in [9.17, 15) is 5.11 Å². The Kier molecular flexibility index (Phi) is 4.71. The van der Waals surface area contributed by atoms with Crippen LogP contribution in [0.4, 0.5) is 0 Å². The average molecular weight is 253 g/mol. The Bertz CT molecular complexity index is 355.